The molecule has 1 atom stereocenters. The van der Waals surface area contributed by atoms with E-state index in [4.69, 9.17) is 0 Å². The lowest BCUT2D eigenvalue weighted by atomic mass is 9.89. The van der Waals surface area contributed by atoms with Gasteiger partial charge in [0.2, 0.25) is 0 Å². The van der Waals surface area contributed by atoms with Crippen molar-refractivity contribution in [2.75, 3.05) is 6.61 Å². The molecule has 0 radical (unpaired) electrons. The lowest BCUT2D eigenvalue weighted by Gasteiger charge is -2.17. The Kier molecular flexibility index (Phi) is 5.01. The number of hydrogen-bond donors (Lipinski definition) is 1. The molecule has 0 saturated heterocycles. The third-order valence-corrected chi connectivity index (χ3v) is 3.29. The molecule has 1 aromatic carbocycles. The van der Waals surface area contributed by atoms with Gasteiger partial charge in [-0.15, -0.1) is 0 Å². The van der Waals surface area contributed by atoms with Gasteiger partial charge in [0.15, 0.2) is 0 Å². The lowest BCUT2D eigenvalue weighted by molar-refractivity contribution is 0.217. The van der Waals surface area contributed by atoms with Gasteiger partial charge >= 0.3 is 0 Å². The zero-order valence-corrected chi connectivity index (χ0v) is 11.0. The second-order valence-corrected chi connectivity index (χ2v) is 4.92. The Hall–Kier alpha value is -0.820. The molecule has 1 unspecified atom stereocenters. The first-order valence-electron chi connectivity index (χ1n) is 6.26. The van der Waals surface area contributed by atoms with Crippen LogP contribution < -0.4 is 0 Å². The van der Waals surface area contributed by atoms with Gasteiger partial charge in [0.25, 0.3) is 0 Å². The van der Waals surface area contributed by atoms with E-state index in [1.807, 2.05) is 0 Å². The van der Waals surface area contributed by atoms with Gasteiger partial charge in [-0.05, 0) is 56.2 Å². The van der Waals surface area contributed by atoms with Crippen molar-refractivity contribution in [3.8, 4) is 0 Å². The van der Waals surface area contributed by atoms with E-state index in [0.717, 1.165) is 19.3 Å². The number of aryl methyl sites for hydroxylation is 3. The predicted molar refractivity (Wildman–Crippen MR) is 69.8 cm³/mol. The molecule has 90 valence electrons. The fourth-order valence-corrected chi connectivity index (χ4v) is 2.49. The Bertz CT molecular complexity index is 318. The highest BCUT2D eigenvalue weighted by atomic mass is 16.3. The van der Waals surface area contributed by atoms with E-state index in [-0.39, 0.29) is 0 Å². The minimum atomic E-state index is 0.306. The van der Waals surface area contributed by atoms with Crippen molar-refractivity contribution in [3.05, 3.63) is 34.4 Å². The maximum atomic E-state index is 9.35. The van der Waals surface area contributed by atoms with Crippen LogP contribution in [-0.2, 0) is 6.42 Å². The first-order valence-corrected chi connectivity index (χ1v) is 6.26. The summed E-state index contributed by atoms with van der Waals surface area (Å²) in [6.07, 6.45) is 3.28. The number of hydrogen-bond acceptors (Lipinski definition) is 1. The highest BCUT2D eigenvalue weighted by molar-refractivity contribution is 5.37. The Morgan fingerprint density at radius 3 is 2.12 bits per heavy atom. The Labute approximate surface area is 99.5 Å². The summed E-state index contributed by atoms with van der Waals surface area (Å²) in [6, 6.07) is 4.48. The van der Waals surface area contributed by atoms with Crippen LogP contribution in [0.25, 0.3) is 0 Å². The minimum absolute atomic E-state index is 0.306. The van der Waals surface area contributed by atoms with Gasteiger partial charge < -0.3 is 5.11 Å². The molecule has 0 heterocycles. The number of aliphatic hydroxyl groups excluding tert-OH is 1. The van der Waals surface area contributed by atoms with Crippen molar-refractivity contribution >= 4 is 0 Å². The van der Waals surface area contributed by atoms with Crippen molar-refractivity contribution in [2.45, 2.75) is 47.0 Å². The molecule has 0 aliphatic carbocycles. The van der Waals surface area contributed by atoms with Crippen LogP contribution >= 0.6 is 0 Å². The minimum Gasteiger partial charge on any atom is -0.396 e. The van der Waals surface area contributed by atoms with Crippen LogP contribution in [0.4, 0.5) is 0 Å². The average molecular weight is 220 g/mol. The van der Waals surface area contributed by atoms with Crippen molar-refractivity contribution < 1.29 is 5.11 Å². The maximum absolute atomic E-state index is 9.35. The fraction of sp³-hybridized carbons (Fsp3) is 0.600. The van der Waals surface area contributed by atoms with E-state index in [9.17, 15) is 5.11 Å². The SMILES string of the molecule is CCCC(CO)Cc1c(C)cc(C)cc1C. The molecule has 0 fully saturated rings. The molecule has 1 N–H and O–H groups in total. The van der Waals surface area contributed by atoms with Crippen LogP contribution in [0.3, 0.4) is 0 Å². The van der Waals surface area contributed by atoms with Gasteiger partial charge in [0, 0.05) is 6.61 Å². The van der Waals surface area contributed by atoms with Gasteiger partial charge in [0.1, 0.15) is 0 Å². The molecule has 0 bridgehead atoms. The lowest BCUT2D eigenvalue weighted by Crippen LogP contribution is -2.11. The second-order valence-electron chi connectivity index (χ2n) is 4.92. The van der Waals surface area contributed by atoms with E-state index in [0.29, 0.717) is 12.5 Å². The first-order chi connectivity index (χ1) is 7.58. The Morgan fingerprint density at radius 2 is 1.69 bits per heavy atom. The van der Waals surface area contributed by atoms with E-state index in [1.54, 1.807) is 0 Å². The maximum Gasteiger partial charge on any atom is 0.0462 e. The standard InChI is InChI=1S/C15H24O/c1-5-6-14(10-16)9-15-12(3)7-11(2)8-13(15)4/h7-8,14,16H,5-6,9-10H2,1-4H3. The van der Waals surface area contributed by atoms with Crippen molar-refractivity contribution in [2.24, 2.45) is 5.92 Å². The summed E-state index contributed by atoms with van der Waals surface area (Å²) in [5.74, 6) is 0.421. The monoisotopic (exact) mass is 220 g/mol. The quantitative estimate of drug-likeness (QED) is 0.804. The smallest absolute Gasteiger partial charge is 0.0462 e. The summed E-state index contributed by atoms with van der Waals surface area (Å²) >= 11 is 0. The summed E-state index contributed by atoms with van der Waals surface area (Å²) in [6.45, 7) is 8.98. The van der Waals surface area contributed by atoms with Crippen LogP contribution in [0.1, 0.15) is 42.0 Å². The molecule has 0 spiro atoms. The number of benzene rings is 1. The summed E-state index contributed by atoms with van der Waals surface area (Å²) in [5, 5.41) is 9.35. The van der Waals surface area contributed by atoms with Crippen LogP contribution in [0.5, 0.6) is 0 Å². The normalized spacial score (nSPS) is 12.8. The third-order valence-electron chi connectivity index (χ3n) is 3.29. The summed E-state index contributed by atoms with van der Waals surface area (Å²) in [4.78, 5) is 0. The summed E-state index contributed by atoms with van der Waals surface area (Å²) < 4.78 is 0. The number of aliphatic hydroxyl groups is 1. The highest BCUT2D eigenvalue weighted by Crippen LogP contribution is 2.21. The van der Waals surface area contributed by atoms with E-state index < -0.39 is 0 Å². The third kappa shape index (κ3) is 3.34. The zero-order valence-electron chi connectivity index (χ0n) is 11.0. The topological polar surface area (TPSA) is 20.2 Å². The van der Waals surface area contributed by atoms with Crippen LogP contribution in [-0.4, -0.2) is 11.7 Å². The van der Waals surface area contributed by atoms with Gasteiger partial charge in [-0.3, -0.25) is 0 Å². The molecule has 0 aliphatic heterocycles. The zero-order chi connectivity index (χ0) is 12.1. The van der Waals surface area contributed by atoms with Gasteiger partial charge in [-0.1, -0.05) is 31.0 Å². The van der Waals surface area contributed by atoms with E-state index in [2.05, 4.69) is 39.8 Å². The predicted octanol–water partition coefficient (Wildman–Crippen LogP) is 3.56. The average Bonchev–Trinajstić information content (AvgIpc) is 2.21. The Balaban J connectivity index is 2.87. The fourth-order valence-electron chi connectivity index (χ4n) is 2.49. The molecule has 1 rings (SSSR count). The molecule has 1 aromatic rings. The molecule has 1 heteroatoms. The van der Waals surface area contributed by atoms with Crippen LogP contribution in [0, 0.1) is 26.7 Å². The molecule has 0 aliphatic rings. The molecule has 16 heavy (non-hydrogen) atoms. The summed E-state index contributed by atoms with van der Waals surface area (Å²) in [5.41, 5.74) is 5.49. The Morgan fingerprint density at radius 1 is 1.12 bits per heavy atom. The molecule has 0 amide bonds. The van der Waals surface area contributed by atoms with Gasteiger partial charge in [0.05, 0.1) is 0 Å². The highest BCUT2D eigenvalue weighted by Gasteiger charge is 2.11. The first kappa shape index (κ1) is 13.2. The van der Waals surface area contributed by atoms with Crippen molar-refractivity contribution in [1.29, 1.82) is 0 Å². The molecular weight excluding hydrogens is 196 g/mol. The van der Waals surface area contributed by atoms with E-state index in [1.165, 1.54) is 22.3 Å². The van der Waals surface area contributed by atoms with E-state index >= 15 is 0 Å². The molecule has 0 saturated carbocycles. The summed E-state index contributed by atoms with van der Waals surface area (Å²) in [7, 11) is 0. The van der Waals surface area contributed by atoms with Crippen LogP contribution in [0.15, 0.2) is 12.1 Å². The largest absolute Gasteiger partial charge is 0.396 e. The van der Waals surface area contributed by atoms with Gasteiger partial charge in [-0.2, -0.15) is 0 Å². The molecular formula is C15H24O. The van der Waals surface area contributed by atoms with Crippen LogP contribution in [0.2, 0.25) is 0 Å². The van der Waals surface area contributed by atoms with Crippen molar-refractivity contribution in [3.63, 3.8) is 0 Å². The molecule has 0 aromatic heterocycles. The van der Waals surface area contributed by atoms with Gasteiger partial charge in [-0.25, -0.2) is 0 Å². The number of rotatable bonds is 5. The second kappa shape index (κ2) is 6.05. The van der Waals surface area contributed by atoms with Crippen molar-refractivity contribution in [1.82, 2.24) is 0 Å². The molecule has 1 nitrogen and oxygen atoms in total.